The number of nitrogens with two attached hydrogens (primary N) is 1. The van der Waals surface area contributed by atoms with Crippen LogP contribution >= 0.6 is 0 Å². The summed E-state index contributed by atoms with van der Waals surface area (Å²) in [5.41, 5.74) is 9.01. The third-order valence-electron chi connectivity index (χ3n) is 3.66. The van der Waals surface area contributed by atoms with Gasteiger partial charge in [0.1, 0.15) is 6.33 Å². The first-order chi connectivity index (χ1) is 11.8. The summed E-state index contributed by atoms with van der Waals surface area (Å²) in [6, 6.07) is 13.4. The van der Waals surface area contributed by atoms with Gasteiger partial charge in [0, 0.05) is 23.5 Å². The lowest BCUT2D eigenvalue weighted by atomic mass is 10.2. The number of aromatic nitrogens is 5. The maximum Gasteiger partial charge on any atom is 0.212 e. The molecule has 0 fully saturated rings. The lowest BCUT2D eigenvalue weighted by Crippen LogP contribution is -2.01. The maximum absolute atomic E-state index is 6.07. The van der Waals surface area contributed by atoms with Gasteiger partial charge in [-0.2, -0.15) is 0 Å². The van der Waals surface area contributed by atoms with Crippen molar-refractivity contribution in [1.29, 1.82) is 0 Å². The molecular weight excluding hydrogens is 304 g/mol. The molecule has 0 radical (unpaired) electrons. The van der Waals surface area contributed by atoms with Crippen LogP contribution in [0.4, 0.5) is 5.82 Å². The molecule has 7 nitrogen and oxygen atoms in total. The Morgan fingerprint density at radius 2 is 1.83 bits per heavy atom. The number of rotatable bonds is 3. The van der Waals surface area contributed by atoms with Gasteiger partial charge in [-0.05, 0) is 18.2 Å². The first-order valence-corrected chi connectivity index (χ1v) is 7.32. The van der Waals surface area contributed by atoms with Gasteiger partial charge < -0.3 is 10.5 Å². The van der Waals surface area contributed by atoms with Crippen LogP contribution in [-0.2, 0) is 0 Å². The van der Waals surface area contributed by atoms with E-state index in [9.17, 15) is 0 Å². The van der Waals surface area contributed by atoms with Gasteiger partial charge in [0.2, 0.25) is 5.88 Å². The summed E-state index contributed by atoms with van der Waals surface area (Å²) >= 11 is 0. The molecule has 3 aromatic heterocycles. The van der Waals surface area contributed by atoms with Gasteiger partial charge in [-0.1, -0.05) is 18.2 Å². The molecule has 118 valence electrons. The number of methoxy groups -OCH3 is 1. The molecule has 0 saturated heterocycles. The van der Waals surface area contributed by atoms with E-state index in [-0.39, 0.29) is 0 Å². The van der Waals surface area contributed by atoms with Crippen LogP contribution in [-0.4, -0.2) is 31.6 Å². The van der Waals surface area contributed by atoms with Crippen LogP contribution in [0.2, 0.25) is 0 Å². The number of para-hydroxylation sites is 1. The largest absolute Gasteiger partial charge is 0.481 e. The second-order valence-corrected chi connectivity index (χ2v) is 5.14. The van der Waals surface area contributed by atoms with E-state index in [1.54, 1.807) is 25.7 Å². The van der Waals surface area contributed by atoms with Crippen molar-refractivity contribution in [3.05, 3.63) is 55.0 Å². The van der Waals surface area contributed by atoms with Crippen LogP contribution in [0.3, 0.4) is 0 Å². The molecule has 24 heavy (non-hydrogen) atoms. The molecule has 0 amide bonds. The van der Waals surface area contributed by atoms with E-state index < -0.39 is 0 Å². The first kappa shape index (κ1) is 14.1. The van der Waals surface area contributed by atoms with Gasteiger partial charge in [0.15, 0.2) is 22.8 Å². The number of benzene rings is 1. The minimum Gasteiger partial charge on any atom is -0.481 e. The summed E-state index contributed by atoms with van der Waals surface area (Å²) in [5, 5.41) is 0. The highest BCUT2D eigenvalue weighted by molar-refractivity contribution is 5.84. The zero-order valence-corrected chi connectivity index (χ0v) is 12.9. The Balaban J connectivity index is 1.89. The molecule has 0 aliphatic carbocycles. The molecule has 0 bridgehead atoms. The van der Waals surface area contributed by atoms with Crippen LogP contribution in [0.1, 0.15) is 0 Å². The van der Waals surface area contributed by atoms with Gasteiger partial charge in [0.05, 0.1) is 7.11 Å². The number of fused-ring (bicyclic) bond motifs is 1. The Labute approximate surface area is 137 Å². The fourth-order valence-corrected chi connectivity index (χ4v) is 2.46. The zero-order chi connectivity index (χ0) is 16.5. The summed E-state index contributed by atoms with van der Waals surface area (Å²) in [6.07, 6.45) is 3.35. The molecule has 7 heteroatoms. The van der Waals surface area contributed by atoms with E-state index in [1.807, 2.05) is 41.0 Å². The normalized spacial score (nSPS) is 10.9. The van der Waals surface area contributed by atoms with E-state index in [4.69, 9.17) is 10.5 Å². The Kier molecular flexibility index (Phi) is 3.31. The second-order valence-electron chi connectivity index (χ2n) is 5.14. The van der Waals surface area contributed by atoms with Crippen LogP contribution in [0, 0.1) is 0 Å². The molecule has 3 heterocycles. The molecule has 0 atom stereocenters. The molecule has 2 N–H and O–H groups in total. The third-order valence-corrected chi connectivity index (χ3v) is 3.66. The lowest BCUT2D eigenvalue weighted by molar-refractivity contribution is 0.398. The van der Waals surface area contributed by atoms with Crippen molar-refractivity contribution in [2.45, 2.75) is 0 Å². The lowest BCUT2D eigenvalue weighted by Gasteiger charge is -2.06. The second kappa shape index (κ2) is 5.62. The highest BCUT2D eigenvalue weighted by Gasteiger charge is 2.13. The molecule has 0 unspecified atom stereocenters. The highest BCUT2D eigenvalue weighted by atomic mass is 16.5. The van der Waals surface area contributed by atoms with Crippen molar-refractivity contribution < 1.29 is 4.74 Å². The molecule has 0 aliphatic heterocycles. The predicted octanol–water partition coefficient (Wildman–Crippen LogP) is 2.47. The molecule has 0 saturated carbocycles. The van der Waals surface area contributed by atoms with Crippen molar-refractivity contribution in [3.8, 4) is 23.0 Å². The Bertz CT molecular complexity index is 995. The summed E-state index contributed by atoms with van der Waals surface area (Å²) < 4.78 is 6.96. The van der Waals surface area contributed by atoms with Crippen molar-refractivity contribution >= 4 is 17.0 Å². The number of hydrogen-bond donors (Lipinski definition) is 1. The maximum atomic E-state index is 6.07. The fourth-order valence-electron chi connectivity index (χ4n) is 2.46. The molecule has 4 aromatic rings. The van der Waals surface area contributed by atoms with Crippen LogP contribution in [0.25, 0.3) is 28.2 Å². The Morgan fingerprint density at radius 3 is 2.54 bits per heavy atom. The Hall–Kier alpha value is -3.48. The number of nitrogen functional groups attached to an aromatic ring is 1. The van der Waals surface area contributed by atoms with E-state index in [0.29, 0.717) is 28.7 Å². The van der Waals surface area contributed by atoms with Crippen molar-refractivity contribution in [2.24, 2.45) is 0 Å². The van der Waals surface area contributed by atoms with Gasteiger partial charge >= 0.3 is 0 Å². The minimum atomic E-state index is 0.334. The van der Waals surface area contributed by atoms with E-state index in [1.165, 1.54) is 0 Å². The van der Waals surface area contributed by atoms with Gasteiger partial charge in [0.25, 0.3) is 0 Å². The standard InChI is InChI=1S/C17H14N6O/c1-24-13-8-7-11(9-19-13)16-21-15(18)14-17(22-16)23(10-20-14)12-5-3-2-4-6-12/h2-10H,1H3,(H2,18,21,22). The Morgan fingerprint density at radius 1 is 1.00 bits per heavy atom. The topological polar surface area (TPSA) is 91.7 Å². The number of imidazole rings is 1. The number of ether oxygens (including phenoxy) is 1. The van der Waals surface area contributed by atoms with E-state index >= 15 is 0 Å². The van der Waals surface area contributed by atoms with Crippen molar-refractivity contribution in [1.82, 2.24) is 24.5 Å². The SMILES string of the molecule is COc1ccc(-c2nc(N)c3ncn(-c4ccccc4)c3n2)cn1. The first-order valence-electron chi connectivity index (χ1n) is 7.32. The average Bonchev–Trinajstić information content (AvgIpc) is 3.07. The monoisotopic (exact) mass is 318 g/mol. The quantitative estimate of drug-likeness (QED) is 0.624. The smallest absolute Gasteiger partial charge is 0.212 e. The van der Waals surface area contributed by atoms with Crippen molar-refractivity contribution in [2.75, 3.05) is 12.8 Å². The summed E-state index contributed by atoms with van der Waals surface area (Å²) in [4.78, 5) is 17.5. The minimum absolute atomic E-state index is 0.334. The molecule has 4 rings (SSSR count). The number of pyridine rings is 1. The van der Waals surface area contributed by atoms with Gasteiger partial charge in [-0.3, -0.25) is 4.57 Å². The summed E-state index contributed by atoms with van der Waals surface area (Å²) in [7, 11) is 1.57. The van der Waals surface area contributed by atoms with Crippen molar-refractivity contribution in [3.63, 3.8) is 0 Å². The van der Waals surface area contributed by atoms with Gasteiger partial charge in [-0.25, -0.2) is 19.9 Å². The van der Waals surface area contributed by atoms with E-state index in [2.05, 4.69) is 19.9 Å². The number of nitrogens with zero attached hydrogens (tertiary/aromatic N) is 5. The van der Waals surface area contributed by atoms with Crippen LogP contribution in [0.5, 0.6) is 5.88 Å². The number of anilines is 1. The fraction of sp³-hybridized carbons (Fsp3) is 0.0588. The van der Waals surface area contributed by atoms with Crippen LogP contribution in [0.15, 0.2) is 55.0 Å². The summed E-state index contributed by atoms with van der Waals surface area (Å²) in [6.45, 7) is 0. The molecular formula is C17H14N6O. The molecule has 0 spiro atoms. The highest BCUT2D eigenvalue weighted by Crippen LogP contribution is 2.24. The third kappa shape index (κ3) is 2.32. The summed E-state index contributed by atoms with van der Waals surface area (Å²) in [5.74, 6) is 1.36. The predicted molar refractivity (Wildman–Crippen MR) is 90.9 cm³/mol. The zero-order valence-electron chi connectivity index (χ0n) is 12.9. The number of hydrogen-bond acceptors (Lipinski definition) is 6. The van der Waals surface area contributed by atoms with E-state index in [0.717, 1.165) is 11.3 Å². The van der Waals surface area contributed by atoms with Crippen LogP contribution < -0.4 is 10.5 Å². The van der Waals surface area contributed by atoms with Gasteiger partial charge in [-0.15, -0.1) is 0 Å². The average molecular weight is 318 g/mol. The molecule has 1 aromatic carbocycles. The molecule has 0 aliphatic rings.